The molecule has 108 valence electrons. The quantitative estimate of drug-likeness (QED) is 0.753. The van der Waals surface area contributed by atoms with Crippen molar-refractivity contribution >= 4 is 33.8 Å². The summed E-state index contributed by atoms with van der Waals surface area (Å²) in [4.78, 5) is 7.87. The number of hydrogen-bond acceptors (Lipinski definition) is 5. The second kappa shape index (κ2) is 5.61. The number of rotatable bonds is 3. The van der Waals surface area contributed by atoms with Crippen LogP contribution < -0.4 is 0 Å². The van der Waals surface area contributed by atoms with E-state index in [2.05, 4.69) is 20.2 Å². The molecule has 1 aromatic carbocycles. The summed E-state index contributed by atoms with van der Waals surface area (Å²) in [7, 11) is 0. The second-order valence-corrected chi connectivity index (χ2v) is 6.25. The van der Waals surface area contributed by atoms with E-state index in [-0.39, 0.29) is 0 Å². The summed E-state index contributed by atoms with van der Waals surface area (Å²) in [6.45, 7) is 0.880. The Bertz CT molecular complexity index is 767. The van der Waals surface area contributed by atoms with Crippen molar-refractivity contribution in [3.05, 3.63) is 24.3 Å². The molecule has 0 amide bonds. The van der Waals surface area contributed by atoms with Gasteiger partial charge in [0.05, 0.1) is 6.10 Å². The summed E-state index contributed by atoms with van der Waals surface area (Å²) in [5, 5.41) is 10.3. The summed E-state index contributed by atoms with van der Waals surface area (Å²) in [6.07, 6.45) is 3.89. The lowest BCUT2D eigenvalue weighted by Crippen LogP contribution is -2.21. The van der Waals surface area contributed by atoms with Crippen LogP contribution in [0.1, 0.15) is 19.3 Å². The molecule has 1 N–H and O–H groups in total. The third-order valence-electron chi connectivity index (χ3n) is 3.77. The van der Waals surface area contributed by atoms with E-state index in [1.165, 1.54) is 12.8 Å². The topological polar surface area (TPSA) is 63.7 Å². The zero-order valence-electron chi connectivity index (χ0n) is 11.6. The van der Waals surface area contributed by atoms with E-state index < -0.39 is 0 Å². The number of para-hydroxylation sites is 1. The number of fused-ring (bicyclic) bond motifs is 3. The predicted octanol–water partition coefficient (Wildman–Crippen LogP) is 3.17. The minimum Gasteiger partial charge on any atom is -0.377 e. The number of nitrogens with one attached hydrogen (secondary N) is 1. The zero-order valence-corrected chi connectivity index (χ0v) is 12.4. The molecule has 6 heteroatoms. The molecule has 3 heterocycles. The Hall–Kier alpha value is -1.66. The highest BCUT2D eigenvalue weighted by atomic mass is 32.2. The first kappa shape index (κ1) is 13.0. The van der Waals surface area contributed by atoms with Gasteiger partial charge in [-0.05, 0) is 25.3 Å². The fourth-order valence-corrected chi connectivity index (χ4v) is 3.53. The van der Waals surface area contributed by atoms with Crippen molar-refractivity contribution in [2.75, 3.05) is 12.4 Å². The maximum Gasteiger partial charge on any atom is 0.211 e. The molecule has 0 unspecified atom stereocenters. The monoisotopic (exact) mass is 300 g/mol. The lowest BCUT2D eigenvalue weighted by Gasteiger charge is -2.21. The van der Waals surface area contributed by atoms with Crippen LogP contribution in [0.3, 0.4) is 0 Å². The molecule has 3 aromatic rings. The van der Waals surface area contributed by atoms with Crippen molar-refractivity contribution in [3.8, 4) is 0 Å². The van der Waals surface area contributed by atoms with Gasteiger partial charge in [-0.1, -0.05) is 30.0 Å². The molecule has 5 nitrogen and oxygen atoms in total. The molecule has 1 aliphatic rings. The average molecular weight is 300 g/mol. The van der Waals surface area contributed by atoms with Gasteiger partial charge in [0.25, 0.3) is 0 Å². The summed E-state index contributed by atoms with van der Waals surface area (Å²) in [6, 6.07) is 8.07. The molecule has 4 rings (SSSR count). The van der Waals surface area contributed by atoms with E-state index in [0.29, 0.717) is 11.3 Å². The average Bonchev–Trinajstić information content (AvgIpc) is 2.91. The van der Waals surface area contributed by atoms with Gasteiger partial charge in [0.2, 0.25) is 5.16 Å². The Morgan fingerprint density at radius 3 is 3.10 bits per heavy atom. The van der Waals surface area contributed by atoms with Gasteiger partial charge in [-0.15, -0.1) is 10.2 Å². The van der Waals surface area contributed by atoms with Crippen molar-refractivity contribution < 1.29 is 4.74 Å². The molecule has 1 atom stereocenters. The number of aromatic nitrogens is 4. The lowest BCUT2D eigenvalue weighted by molar-refractivity contribution is 0.0315. The minimum atomic E-state index is 0.325. The Morgan fingerprint density at radius 2 is 2.19 bits per heavy atom. The highest BCUT2D eigenvalue weighted by Gasteiger charge is 2.15. The minimum absolute atomic E-state index is 0.325. The van der Waals surface area contributed by atoms with Crippen LogP contribution in [0.4, 0.5) is 0 Å². The summed E-state index contributed by atoms with van der Waals surface area (Å²) in [5.74, 6) is 0.896. The second-order valence-electron chi connectivity index (χ2n) is 5.26. The molecule has 1 aliphatic heterocycles. The number of benzene rings is 1. The number of ether oxygens (including phenoxy) is 1. The first-order valence-corrected chi connectivity index (χ1v) is 8.24. The van der Waals surface area contributed by atoms with Gasteiger partial charge >= 0.3 is 0 Å². The molecular weight excluding hydrogens is 284 g/mol. The normalized spacial score (nSPS) is 19.3. The van der Waals surface area contributed by atoms with E-state index in [1.807, 2.05) is 24.3 Å². The van der Waals surface area contributed by atoms with Crippen molar-refractivity contribution in [1.82, 2.24) is 20.2 Å². The fraction of sp³-hybridized carbons (Fsp3) is 0.400. The number of aromatic amines is 1. The Morgan fingerprint density at radius 1 is 1.24 bits per heavy atom. The largest absolute Gasteiger partial charge is 0.377 e. The van der Waals surface area contributed by atoms with Crippen LogP contribution in [0.25, 0.3) is 22.1 Å². The van der Waals surface area contributed by atoms with Crippen LogP contribution in [0, 0.1) is 0 Å². The number of nitrogens with zero attached hydrogens (tertiary/aromatic N) is 3. The van der Waals surface area contributed by atoms with Crippen LogP contribution >= 0.6 is 11.8 Å². The van der Waals surface area contributed by atoms with Crippen LogP contribution in [0.15, 0.2) is 29.4 Å². The first-order valence-electron chi connectivity index (χ1n) is 7.26. The molecule has 0 bridgehead atoms. The van der Waals surface area contributed by atoms with Crippen LogP contribution in [-0.4, -0.2) is 38.6 Å². The van der Waals surface area contributed by atoms with E-state index in [1.54, 1.807) is 11.8 Å². The van der Waals surface area contributed by atoms with E-state index in [4.69, 9.17) is 4.74 Å². The van der Waals surface area contributed by atoms with Crippen LogP contribution in [-0.2, 0) is 4.74 Å². The SMILES string of the molecule is c1ccc2c(c1)[nH]c1nc(SC[C@H]3CCCCO3)nnc12. The summed E-state index contributed by atoms with van der Waals surface area (Å²) in [5.41, 5.74) is 2.69. The van der Waals surface area contributed by atoms with E-state index >= 15 is 0 Å². The first-order chi connectivity index (χ1) is 10.4. The third kappa shape index (κ3) is 2.61. The van der Waals surface area contributed by atoms with Gasteiger partial charge in [0, 0.05) is 23.3 Å². The van der Waals surface area contributed by atoms with E-state index in [0.717, 1.165) is 40.8 Å². The van der Waals surface area contributed by atoms with Crippen LogP contribution in [0.5, 0.6) is 0 Å². The molecule has 21 heavy (non-hydrogen) atoms. The Kier molecular flexibility index (Phi) is 3.48. The predicted molar refractivity (Wildman–Crippen MR) is 83.5 cm³/mol. The summed E-state index contributed by atoms with van der Waals surface area (Å²) >= 11 is 1.62. The fourth-order valence-electron chi connectivity index (χ4n) is 2.67. The molecule has 1 fully saturated rings. The molecule has 0 saturated carbocycles. The summed E-state index contributed by atoms with van der Waals surface area (Å²) < 4.78 is 5.73. The van der Waals surface area contributed by atoms with Gasteiger partial charge in [-0.3, -0.25) is 0 Å². The van der Waals surface area contributed by atoms with Gasteiger partial charge < -0.3 is 9.72 Å². The zero-order chi connectivity index (χ0) is 14.1. The van der Waals surface area contributed by atoms with Gasteiger partial charge in [0.15, 0.2) is 5.65 Å². The maximum absolute atomic E-state index is 5.73. The highest BCUT2D eigenvalue weighted by molar-refractivity contribution is 7.99. The highest BCUT2D eigenvalue weighted by Crippen LogP contribution is 2.25. The Balaban J connectivity index is 1.57. The number of hydrogen-bond donors (Lipinski definition) is 1. The molecule has 1 saturated heterocycles. The van der Waals surface area contributed by atoms with Gasteiger partial charge in [-0.25, -0.2) is 4.98 Å². The van der Waals surface area contributed by atoms with Crippen molar-refractivity contribution in [3.63, 3.8) is 0 Å². The van der Waals surface area contributed by atoms with Crippen molar-refractivity contribution in [1.29, 1.82) is 0 Å². The van der Waals surface area contributed by atoms with Gasteiger partial charge in [0.1, 0.15) is 5.52 Å². The van der Waals surface area contributed by atoms with Gasteiger partial charge in [-0.2, -0.15) is 0 Å². The van der Waals surface area contributed by atoms with Crippen molar-refractivity contribution in [2.45, 2.75) is 30.5 Å². The lowest BCUT2D eigenvalue weighted by atomic mass is 10.1. The molecule has 0 aliphatic carbocycles. The Labute approximate surface area is 126 Å². The molecule has 0 spiro atoms. The van der Waals surface area contributed by atoms with Crippen molar-refractivity contribution in [2.24, 2.45) is 0 Å². The molecule has 0 radical (unpaired) electrons. The standard InChI is InChI=1S/C15H16N4OS/c1-2-7-12-11(6-1)13-14(16-12)17-15(19-18-13)21-9-10-5-3-4-8-20-10/h1-2,6-7,10H,3-5,8-9H2,(H,16,17,19)/t10-/m1/s1. The number of thioether (sulfide) groups is 1. The molecular formula is C15H16N4OS. The number of H-pyrrole nitrogens is 1. The third-order valence-corrected chi connectivity index (χ3v) is 4.74. The maximum atomic E-state index is 5.73. The van der Waals surface area contributed by atoms with Crippen LogP contribution in [0.2, 0.25) is 0 Å². The van der Waals surface area contributed by atoms with E-state index in [9.17, 15) is 0 Å². The molecule has 2 aromatic heterocycles. The smallest absolute Gasteiger partial charge is 0.211 e.